The Morgan fingerprint density at radius 1 is 1.20 bits per heavy atom. The van der Waals surface area contributed by atoms with E-state index in [1.807, 2.05) is 0 Å². The van der Waals surface area contributed by atoms with Crippen molar-refractivity contribution >= 4 is 0 Å². The molecule has 15 heavy (non-hydrogen) atoms. The monoisotopic (exact) mass is 210 g/mol. The molecule has 0 saturated heterocycles. The van der Waals surface area contributed by atoms with E-state index < -0.39 is 0 Å². The van der Waals surface area contributed by atoms with Gasteiger partial charge in [0.1, 0.15) is 0 Å². The van der Waals surface area contributed by atoms with E-state index in [0.29, 0.717) is 11.5 Å². The molecule has 0 spiro atoms. The Kier molecular flexibility index (Phi) is 3.39. The topological polar surface area (TPSA) is 9.23 Å². The fraction of sp³-hybridized carbons (Fsp3) is 1.00. The van der Waals surface area contributed by atoms with Crippen molar-refractivity contribution in [1.82, 2.24) is 0 Å². The summed E-state index contributed by atoms with van der Waals surface area (Å²) in [7, 11) is 0. The highest BCUT2D eigenvalue weighted by molar-refractivity contribution is 4.84. The quantitative estimate of drug-likeness (QED) is 0.681. The van der Waals surface area contributed by atoms with Crippen molar-refractivity contribution in [2.45, 2.75) is 65.4 Å². The van der Waals surface area contributed by atoms with Crippen molar-refractivity contribution in [3.8, 4) is 0 Å². The Morgan fingerprint density at radius 3 is 2.53 bits per heavy atom. The van der Waals surface area contributed by atoms with E-state index in [1.165, 1.54) is 38.5 Å². The maximum absolute atomic E-state index is 6.00. The number of ether oxygens (including phenoxy) is 1. The zero-order valence-electron chi connectivity index (χ0n) is 10.6. The number of rotatable bonds is 4. The lowest BCUT2D eigenvalue weighted by molar-refractivity contribution is -0.0225. The first-order chi connectivity index (χ1) is 7.08. The molecule has 0 bridgehead atoms. The van der Waals surface area contributed by atoms with Crippen LogP contribution in [-0.2, 0) is 4.74 Å². The lowest BCUT2D eigenvalue weighted by Gasteiger charge is -2.40. The summed E-state index contributed by atoms with van der Waals surface area (Å²) in [6.45, 7) is 8.20. The number of hydrogen-bond acceptors (Lipinski definition) is 1. The molecule has 2 atom stereocenters. The van der Waals surface area contributed by atoms with Crippen LogP contribution in [0.5, 0.6) is 0 Å². The Hall–Kier alpha value is -0.0400. The molecule has 0 heterocycles. The SMILES string of the molecule is CC1C[C@@H](OCCC2CC2)CCC1(C)C. The molecule has 0 radical (unpaired) electrons. The van der Waals surface area contributed by atoms with Gasteiger partial charge < -0.3 is 4.74 Å². The third-order valence-electron chi connectivity index (χ3n) is 4.64. The minimum Gasteiger partial charge on any atom is -0.378 e. The average Bonchev–Trinajstić information content (AvgIpc) is 2.95. The smallest absolute Gasteiger partial charge is 0.0578 e. The Morgan fingerprint density at radius 2 is 1.93 bits per heavy atom. The van der Waals surface area contributed by atoms with Gasteiger partial charge in [-0.2, -0.15) is 0 Å². The van der Waals surface area contributed by atoms with Gasteiger partial charge in [0.05, 0.1) is 6.10 Å². The molecule has 2 rings (SSSR count). The molecule has 2 fully saturated rings. The van der Waals surface area contributed by atoms with Crippen LogP contribution in [0.2, 0.25) is 0 Å². The highest BCUT2D eigenvalue weighted by Crippen LogP contribution is 2.41. The molecule has 1 heteroatoms. The Bertz CT molecular complexity index is 205. The van der Waals surface area contributed by atoms with Gasteiger partial charge in [-0.3, -0.25) is 0 Å². The van der Waals surface area contributed by atoms with E-state index in [2.05, 4.69) is 20.8 Å². The molecule has 2 aliphatic carbocycles. The molecule has 0 aromatic rings. The van der Waals surface area contributed by atoms with E-state index in [9.17, 15) is 0 Å². The molecular weight excluding hydrogens is 184 g/mol. The lowest BCUT2D eigenvalue weighted by atomic mass is 9.69. The molecule has 1 nitrogen and oxygen atoms in total. The second-order valence-electron chi connectivity index (χ2n) is 6.39. The molecule has 0 aromatic carbocycles. The third kappa shape index (κ3) is 3.21. The summed E-state index contributed by atoms with van der Waals surface area (Å²) >= 11 is 0. The van der Waals surface area contributed by atoms with Gasteiger partial charge in [-0.1, -0.05) is 33.6 Å². The van der Waals surface area contributed by atoms with E-state index in [0.717, 1.165) is 18.4 Å². The molecule has 88 valence electrons. The largest absolute Gasteiger partial charge is 0.378 e. The Labute approximate surface area is 94.6 Å². The van der Waals surface area contributed by atoms with Gasteiger partial charge in [0, 0.05) is 6.61 Å². The van der Waals surface area contributed by atoms with Gasteiger partial charge in [0.25, 0.3) is 0 Å². The summed E-state index contributed by atoms with van der Waals surface area (Å²) in [5.41, 5.74) is 0.538. The van der Waals surface area contributed by atoms with Crippen LogP contribution in [0.1, 0.15) is 59.3 Å². The highest BCUT2D eigenvalue weighted by atomic mass is 16.5. The van der Waals surface area contributed by atoms with Crippen LogP contribution in [0.4, 0.5) is 0 Å². The second kappa shape index (κ2) is 4.45. The summed E-state index contributed by atoms with van der Waals surface area (Å²) in [5.74, 6) is 1.83. The third-order valence-corrected chi connectivity index (χ3v) is 4.64. The Balaban J connectivity index is 1.66. The standard InChI is InChI=1S/C14H26O/c1-11-10-13(6-8-14(11,2)3)15-9-7-12-4-5-12/h11-13H,4-10H2,1-3H3/t11?,13-/m0/s1. The average molecular weight is 210 g/mol. The van der Waals surface area contributed by atoms with Gasteiger partial charge in [-0.15, -0.1) is 0 Å². The zero-order chi connectivity index (χ0) is 10.9. The lowest BCUT2D eigenvalue weighted by Crippen LogP contribution is -2.33. The maximum atomic E-state index is 6.00. The van der Waals surface area contributed by atoms with E-state index >= 15 is 0 Å². The predicted molar refractivity (Wildman–Crippen MR) is 63.9 cm³/mol. The van der Waals surface area contributed by atoms with Crippen molar-refractivity contribution in [2.24, 2.45) is 17.3 Å². The van der Waals surface area contributed by atoms with Crippen molar-refractivity contribution in [2.75, 3.05) is 6.61 Å². The summed E-state index contributed by atoms with van der Waals surface area (Å²) in [4.78, 5) is 0. The maximum Gasteiger partial charge on any atom is 0.0578 e. The van der Waals surface area contributed by atoms with Gasteiger partial charge >= 0.3 is 0 Å². The van der Waals surface area contributed by atoms with Crippen molar-refractivity contribution in [3.63, 3.8) is 0 Å². The van der Waals surface area contributed by atoms with Crippen molar-refractivity contribution < 1.29 is 4.74 Å². The van der Waals surface area contributed by atoms with Crippen LogP contribution in [0.25, 0.3) is 0 Å². The highest BCUT2D eigenvalue weighted by Gasteiger charge is 2.33. The normalized spacial score (nSPS) is 35.4. The first kappa shape index (κ1) is 11.4. The first-order valence-electron chi connectivity index (χ1n) is 6.69. The minimum absolute atomic E-state index is 0.538. The second-order valence-corrected chi connectivity index (χ2v) is 6.39. The molecular formula is C14H26O. The van der Waals surface area contributed by atoms with Crippen molar-refractivity contribution in [1.29, 1.82) is 0 Å². The molecule has 0 aliphatic heterocycles. The molecule has 2 aliphatic rings. The van der Waals surface area contributed by atoms with Crippen molar-refractivity contribution in [3.05, 3.63) is 0 Å². The fourth-order valence-corrected chi connectivity index (χ4v) is 2.57. The predicted octanol–water partition coefficient (Wildman–Crippen LogP) is 4.02. The summed E-state index contributed by atoms with van der Waals surface area (Å²) < 4.78 is 6.00. The van der Waals surface area contributed by atoms with Crippen LogP contribution in [-0.4, -0.2) is 12.7 Å². The van der Waals surface area contributed by atoms with Crippen LogP contribution in [0.3, 0.4) is 0 Å². The summed E-state index contributed by atoms with van der Waals surface area (Å²) in [6, 6.07) is 0. The van der Waals surface area contributed by atoms with Gasteiger partial charge in [-0.05, 0) is 42.9 Å². The summed E-state index contributed by atoms with van der Waals surface area (Å²) in [5, 5.41) is 0. The fourth-order valence-electron chi connectivity index (χ4n) is 2.57. The summed E-state index contributed by atoms with van der Waals surface area (Å²) in [6.07, 6.45) is 8.68. The van der Waals surface area contributed by atoms with Gasteiger partial charge in [0.2, 0.25) is 0 Å². The van der Waals surface area contributed by atoms with Gasteiger partial charge in [0.15, 0.2) is 0 Å². The van der Waals surface area contributed by atoms with E-state index in [-0.39, 0.29) is 0 Å². The molecule has 0 aromatic heterocycles. The van der Waals surface area contributed by atoms with Gasteiger partial charge in [-0.25, -0.2) is 0 Å². The first-order valence-corrected chi connectivity index (χ1v) is 6.69. The zero-order valence-corrected chi connectivity index (χ0v) is 10.6. The van der Waals surface area contributed by atoms with E-state index in [4.69, 9.17) is 4.74 Å². The molecule has 0 amide bonds. The molecule has 1 unspecified atom stereocenters. The minimum atomic E-state index is 0.538. The van der Waals surface area contributed by atoms with Crippen LogP contribution in [0, 0.1) is 17.3 Å². The number of hydrogen-bond donors (Lipinski definition) is 0. The molecule has 2 saturated carbocycles. The molecule has 0 N–H and O–H groups in total. The van der Waals surface area contributed by atoms with Crippen LogP contribution in [0.15, 0.2) is 0 Å². The van der Waals surface area contributed by atoms with E-state index in [1.54, 1.807) is 0 Å². The van der Waals surface area contributed by atoms with Crippen LogP contribution >= 0.6 is 0 Å². The van der Waals surface area contributed by atoms with Crippen LogP contribution < -0.4 is 0 Å².